The van der Waals surface area contributed by atoms with Gasteiger partial charge in [0, 0.05) is 17.8 Å². The summed E-state index contributed by atoms with van der Waals surface area (Å²) >= 11 is 0. The summed E-state index contributed by atoms with van der Waals surface area (Å²) in [5, 5.41) is 19.2. The molecule has 1 heterocycles. The van der Waals surface area contributed by atoms with Crippen LogP contribution in [0.1, 0.15) is 26.7 Å². The third-order valence-corrected chi connectivity index (χ3v) is 3.97. The Bertz CT molecular complexity index is 609. The second-order valence-electron chi connectivity index (χ2n) is 6.17. The Balaban J connectivity index is 2.00. The van der Waals surface area contributed by atoms with Crippen molar-refractivity contribution in [2.45, 2.75) is 38.8 Å². The van der Waals surface area contributed by atoms with Crippen LogP contribution in [-0.2, 0) is 9.59 Å². The lowest BCUT2D eigenvalue weighted by atomic mass is 10.0. The number of rotatable bonds is 6. The molecule has 0 saturated carbocycles. The first-order valence-electron chi connectivity index (χ1n) is 7.97. The molecule has 2 atom stereocenters. The molecule has 2 rings (SSSR count). The third kappa shape index (κ3) is 4.51. The first-order valence-corrected chi connectivity index (χ1v) is 7.97. The molecule has 3 N–H and O–H groups in total. The van der Waals surface area contributed by atoms with E-state index in [0.717, 1.165) is 19.4 Å². The average Bonchev–Trinajstić information content (AvgIpc) is 3.07. The number of carbonyl (C=O) groups is 2. The summed E-state index contributed by atoms with van der Waals surface area (Å²) in [5.74, 6) is -0.608. The highest BCUT2D eigenvalue weighted by Crippen LogP contribution is 2.16. The molecule has 0 radical (unpaired) electrons. The molecule has 0 aliphatic carbocycles. The van der Waals surface area contributed by atoms with E-state index in [9.17, 15) is 19.7 Å². The zero-order valence-electron chi connectivity index (χ0n) is 13.7. The van der Waals surface area contributed by atoms with Crippen LogP contribution in [0.25, 0.3) is 0 Å². The average molecular weight is 334 g/mol. The number of nitro benzene ring substituents is 1. The maximum Gasteiger partial charge on any atom is 0.269 e. The summed E-state index contributed by atoms with van der Waals surface area (Å²) < 4.78 is 0. The Morgan fingerprint density at radius 1 is 1.29 bits per heavy atom. The maximum absolute atomic E-state index is 12.4. The number of non-ortho nitro benzene ring substituents is 1. The molecule has 8 heteroatoms. The van der Waals surface area contributed by atoms with E-state index in [2.05, 4.69) is 16.0 Å². The first kappa shape index (κ1) is 17.9. The maximum atomic E-state index is 12.4. The minimum absolute atomic E-state index is 0.0472. The molecular weight excluding hydrogens is 312 g/mol. The normalized spacial score (nSPS) is 18.2. The minimum atomic E-state index is -0.671. The topological polar surface area (TPSA) is 113 Å². The van der Waals surface area contributed by atoms with Crippen molar-refractivity contribution in [3.05, 3.63) is 34.4 Å². The molecule has 8 nitrogen and oxygen atoms in total. The van der Waals surface area contributed by atoms with Gasteiger partial charge in [-0.3, -0.25) is 19.7 Å². The molecule has 0 aromatic heterocycles. The van der Waals surface area contributed by atoms with E-state index >= 15 is 0 Å². The molecule has 1 aliphatic heterocycles. The molecule has 130 valence electrons. The van der Waals surface area contributed by atoms with Gasteiger partial charge in [0.1, 0.15) is 6.04 Å². The number of carbonyl (C=O) groups excluding carboxylic acids is 2. The molecule has 1 saturated heterocycles. The van der Waals surface area contributed by atoms with Crippen molar-refractivity contribution >= 4 is 23.2 Å². The van der Waals surface area contributed by atoms with Crippen molar-refractivity contribution in [3.63, 3.8) is 0 Å². The van der Waals surface area contributed by atoms with E-state index in [1.54, 1.807) is 0 Å². The van der Waals surface area contributed by atoms with Crippen LogP contribution >= 0.6 is 0 Å². The lowest BCUT2D eigenvalue weighted by Gasteiger charge is -2.23. The number of hydrogen-bond donors (Lipinski definition) is 3. The lowest BCUT2D eigenvalue weighted by molar-refractivity contribution is -0.384. The number of benzene rings is 1. The summed E-state index contributed by atoms with van der Waals surface area (Å²) in [7, 11) is 0. The van der Waals surface area contributed by atoms with Crippen LogP contribution in [-0.4, -0.2) is 35.4 Å². The van der Waals surface area contributed by atoms with Crippen LogP contribution in [0.2, 0.25) is 0 Å². The second-order valence-corrected chi connectivity index (χ2v) is 6.17. The van der Waals surface area contributed by atoms with E-state index in [-0.39, 0.29) is 29.5 Å². The third-order valence-electron chi connectivity index (χ3n) is 3.97. The fourth-order valence-electron chi connectivity index (χ4n) is 2.58. The SMILES string of the molecule is CC(C)[C@H](NC(=O)[C@@H]1CCCN1)C(=O)Nc1ccc([N+](=O)[O-])cc1. The van der Waals surface area contributed by atoms with Crippen molar-refractivity contribution in [2.75, 3.05) is 11.9 Å². The molecule has 0 unspecified atom stereocenters. The number of nitrogens with one attached hydrogen (secondary N) is 3. The summed E-state index contributed by atoms with van der Waals surface area (Å²) in [6, 6.07) is 4.65. The van der Waals surface area contributed by atoms with E-state index in [4.69, 9.17) is 0 Å². The highest BCUT2D eigenvalue weighted by molar-refractivity contribution is 5.98. The van der Waals surface area contributed by atoms with Gasteiger partial charge < -0.3 is 16.0 Å². The first-order chi connectivity index (χ1) is 11.4. The molecule has 0 bridgehead atoms. The van der Waals surface area contributed by atoms with Crippen molar-refractivity contribution in [2.24, 2.45) is 5.92 Å². The van der Waals surface area contributed by atoms with Gasteiger partial charge in [0.15, 0.2) is 0 Å². The van der Waals surface area contributed by atoms with Gasteiger partial charge in [0.05, 0.1) is 11.0 Å². The predicted octanol–water partition coefficient (Wildman–Crippen LogP) is 1.43. The van der Waals surface area contributed by atoms with E-state index in [1.165, 1.54) is 24.3 Å². The van der Waals surface area contributed by atoms with Gasteiger partial charge in [-0.15, -0.1) is 0 Å². The highest BCUT2D eigenvalue weighted by atomic mass is 16.6. The number of anilines is 1. The van der Waals surface area contributed by atoms with E-state index < -0.39 is 11.0 Å². The number of nitrogens with zero attached hydrogens (tertiary/aromatic N) is 1. The largest absolute Gasteiger partial charge is 0.343 e. The fraction of sp³-hybridized carbons (Fsp3) is 0.500. The van der Waals surface area contributed by atoms with Gasteiger partial charge in [-0.05, 0) is 37.4 Å². The second kappa shape index (κ2) is 7.87. The van der Waals surface area contributed by atoms with Crippen molar-refractivity contribution < 1.29 is 14.5 Å². The Morgan fingerprint density at radius 2 is 1.96 bits per heavy atom. The van der Waals surface area contributed by atoms with Crippen LogP contribution in [0.4, 0.5) is 11.4 Å². The molecule has 1 fully saturated rings. The fourth-order valence-corrected chi connectivity index (χ4v) is 2.58. The zero-order chi connectivity index (χ0) is 17.7. The van der Waals surface area contributed by atoms with Gasteiger partial charge in [-0.2, -0.15) is 0 Å². The van der Waals surface area contributed by atoms with Gasteiger partial charge in [0.2, 0.25) is 11.8 Å². The van der Waals surface area contributed by atoms with Gasteiger partial charge in [-0.25, -0.2) is 0 Å². The minimum Gasteiger partial charge on any atom is -0.343 e. The van der Waals surface area contributed by atoms with Gasteiger partial charge in [0.25, 0.3) is 5.69 Å². The molecule has 1 aliphatic rings. The molecule has 0 spiro atoms. The quantitative estimate of drug-likeness (QED) is 0.538. The Labute approximate surface area is 140 Å². The van der Waals surface area contributed by atoms with Crippen LogP contribution in [0.3, 0.4) is 0 Å². The van der Waals surface area contributed by atoms with Crippen LogP contribution < -0.4 is 16.0 Å². The predicted molar refractivity (Wildman–Crippen MR) is 89.5 cm³/mol. The zero-order valence-corrected chi connectivity index (χ0v) is 13.7. The Morgan fingerprint density at radius 3 is 2.46 bits per heavy atom. The number of amides is 2. The molecular formula is C16H22N4O4. The van der Waals surface area contributed by atoms with E-state index in [1.807, 2.05) is 13.8 Å². The molecule has 1 aromatic carbocycles. The molecule has 1 aromatic rings. The standard InChI is InChI=1S/C16H22N4O4/c1-10(2)14(19-15(21)13-4-3-9-17-13)16(22)18-11-5-7-12(8-6-11)20(23)24/h5-8,10,13-14,17H,3-4,9H2,1-2H3,(H,18,22)(H,19,21)/t13-,14-/m0/s1. The van der Waals surface area contributed by atoms with Crippen molar-refractivity contribution in [1.82, 2.24) is 10.6 Å². The molecule has 24 heavy (non-hydrogen) atoms. The smallest absolute Gasteiger partial charge is 0.269 e. The van der Waals surface area contributed by atoms with Crippen LogP contribution in [0, 0.1) is 16.0 Å². The lowest BCUT2D eigenvalue weighted by Crippen LogP contribution is -2.52. The summed E-state index contributed by atoms with van der Waals surface area (Å²) in [4.78, 5) is 34.8. The number of hydrogen-bond acceptors (Lipinski definition) is 5. The van der Waals surface area contributed by atoms with Gasteiger partial charge >= 0.3 is 0 Å². The monoisotopic (exact) mass is 334 g/mol. The van der Waals surface area contributed by atoms with Crippen LogP contribution in [0.5, 0.6) is 0 Å². The van der Waals surface area contributed by atoms with Crippen LogP contribution in [0.15, 0.2) is 24.3 Å². The summed E-state index contributed by atoms with van der Waals surface area (Å²) in [5.41, 5.74) is 0.401. The van der Waals surface area contributed by atoms with Crippen molar-refractivity contribution in [3.8, 4) is 0 Å². The Hall–Kier alpha value is -2.48. The number of nitro groups is 1. The molecule has 2 amide bonds. The van der Waals surface area contributed by atoms with Crippen molar-refractivity contribution in [1.29, 1.82) is 0 Å². The van der Waals surface area contributed by atoms with E-state index in [0.29, 0.717) is 5.69 Å². The summed E-state index contributed by atoms with van der Waals surface area (Å²) in [6.45, 7) is 4.50. The highest BCUT2D eigenvalue weighted by Gasteiger charge is 2.29. The van der Waals surface area contributed by atoms with Gasteiger partial charge in [-0.1, -0.05) is 13.8 Å². The Kier molecular flexibility index (Phi) is 5.86. The summed E-state index contributed by atoms with van der Waals surface area (Å²) in [6.07, 6.45) is 1.71.